The molecule has 0 saturated carbocycles. The zero-order valence-corrected chi connectivity index (χ0v) is 33.6. The summed E-state index contributed by atoms with van der Waals surface area (Å²) in [5.74, 6) is 2.43. The Labute approximate surface area is 343 Å². The molecule has 4 nitrogen and oxygen atoms in total. The van der Waals surface area contributed by atoms with Gasteiger partial charge in [-0.25, -0.2) is 0 Å². The van der Waals surface area contributed by atoms with Crippen molar-refractivity contribution in [2.45, 2.75) is 40.0 Å². The Morgan fingerprint density at radius 1 is 0.475 bits per heavy atom. The summed E-state index contributed by atoms with van der Waals surface area (Å²) >= 11 is 0. The average molecular weight is 761 g/mol. The molecule has 8 aromatic carbocycles. The molecule has 3 heterocycles. The summed E-state index contributed by atoms with van der Waals surface area (Å²) in [6.07, 6.45) is 0. The minimum Gasteiger partial charge on any atom is -0.456 e. The lowest BCUT2D eigenvalue weighted by atomic mass is 9.73. The predicted octanol–water partition coefficient (Wildman–Crippen LogP) is 14.9. The van der Waals surface area contributed by atoms with Crippen molar-refractivity contribution in [2.24, 2.45) is 0 Å². The van der Waals surface area contributed by atoms with E-state index in [0.29, 0.717) is 5.84 Å². The molecular formula is C55H40N2O2. The Bertz CT molecular complexity index is 3430. The van der Waals surface area contributed by atoms with Crippen LogP contribution in [0.3, 0.4) is 0 Å². The number of hydrogen-bond acceptors (Lipinski definition) is 3. The molecule has 0 amide bonds. The molecule has 10 aromatic rings. The molecule has 59 heavy (non-hydrogen) atoms. The third-order valence-electron chi connectivity index (χ3n) is 13.1. The first-order valence-corrected chi connectivity index (χ1v) is 20.5. The van der Waals surface area contributed by atoms with Gasteiger partial charge in [-0.05, 0) is 129 Å². The summed E-state index contributed by atoms with van der Waals surface area (Å²) in [6, 6.07) is 55.2. The molecule has 282 valence electrons. The number of rotatable bonds is 2. The third-order valence-corrected chi connectivity index (χ3v) is 13.1. The van der Waals surface area contributed by atoms with E-state index in [4.69, 9.17) is 14.1 Å². The van der Waals surface area contributed by atoms with Crippen LogP contribution in [0.25, 0.3) is 94.7 Å². The van der Waals surface area contributed by atoms with Crippen LogP contribution < -0.4 is 4.74 Å². The van der Waals surface area contributed by atoms with E-state index in [9.17, 15) is 0 Å². The number of nitrogens with zero attached hydrogens (tertiary/aromatic N) is 2. The first kappa shape index (κ1) is 33.9. The van der Waals surface area contributed by atoms with E-state index >= 15 is 0 Å². The normalized spacial score (nSPS) is 13.4. The Kier molecular flexibility index (Phi) is 7.00. The number of benzene rings is 8. The number of para-hydroxylation sites is 2. The SMILES string of the molecule is Cc1cc2c(cc1-c1c(C)ccc3c1oc1nc4ccccc4n13)C(C)(C)c1ccc(C)c(-c3ccc4c(c3)-c3ccccc3-c3ccccc3-c3ccccc3-4)c1O2. The van der Waals surface area contributed by atoms with Crippen LogP contribution in [-0.2, 0) is 5.41 Å². The van der Waals surface area contributed by atoms with Crippen molar-refractivity contribution in [3.63, 3.8) is 0 Å². The maximum atomic E-state index is 7.18. The van der Waals surface area contributed by atoms with E-state index in [1.54, 1.807) is 0 Å². The lowest BCUT2D eigenvalue weighted by molar-refractivity contribution is 0.419. The lowest BCUT2D eigenvalue weighted by Gasteiger charge is -2.37. The summed E-state index contributed by atoms with van der Waals surface area (Å²) in [7, 11) is 0. The molecule has 4 heteroatoms. The van der Waals surface area contributed by atoms with Crippen LogP contribution in [0.2, 0.25) is 0 Å². The van der Waals surface area contributed by atoms with Crippen LogP contribution in [-0.4, -0.2) is 9.38 Å². The van der Waals surface area contributed by atoms with E-state index in [1.807, 2.05) is 12.1 Å². The van der Waals surface area contributed by atoms with Gasteiger partial charge in [-0.2, -0.15) is 4.98 Å². The highest BCUT2D eigenvalue weighted by Crippen LogP contribution is 2.55. The minimum absolute atomic E-state index is 0.359. The van der Waals surface area contributed by atoms with Gasteiger partial charge in [0.25, 0.3) is 0 Å². The summed E-state index contributed by atoms with van der Waals surface area (Å²) in [5, 5.41) is 0. The van der Waals surface area contributed by atoms with Crippen molar-refractivity contribution in [2.75, 3.05) is 0 Å². The number of aromatic nitrogens is 2. The van der Waals surface area contributed by atoms with Crippen LogP contribution in [0.5, 0.6) is 11.5 Å². The highest BCUT2D eigenvalue weighted by molar-refractivity contribution is 6.04. The fourth-order valence-corrected chi connectivity index (χ4v) is 10.1. The highest BCUT2D eigenvalue weighted by atomic mass is 16.5. The van der Waals surface area contributed by atoms with Gasteiger partial charge in [0.1, 0.15) is 11.5 Å². The molecule has 0 saturated heterocycles. The summed E-state index contributed by atoms with van der Waals surface area (Å²) in [4.78, 5) is 4.84. The second kappa shape index (κ2) is 12.2. The highest BCUT2D eigenvalue weighted by Gasteiger charge is 2.37. The van der Waals surface area contributed by atoms with Gasteiger partial charge in [0.05, 0.1) is 16.6 Å². The van der Waals surface area contributed by atoms with Crippen molar-refractivity contribution in [1.29, 1.82) is 0 Å². The van der Waals surface area contributed by atoms with E-state index < -0.39 is 0 Å². The van der Waals surface area contributed by atoms with Crippen molar-refractivity contribution >= 4 is 28.0 Å². The van der Waals surface area contributed by atoms with Crippen LogP contribution >= 0.6 is 0 Å². The number of imidazole rings is 1. The number of oxazole rings is 1. The van der Waals surface area contributed by atoms with Crippen molar-refractivity contribution in [3.8, 4) is 78.3 Å². The van der Waals surface area contributed by atoms with Crippen LogP contribution in [0.15, 0.2) is 156 Å². The van der Waals surface area contributed by atoms with Gasteiger partial charge >= 0.3 is 5.84 Å². The van der Waals surface area contributed by atoms with Crippen molar-refractivity contribution < 1.29 is 9.15 Å². The van der Waals surface area contributed by atoms with Crippen LogP contribution in [0.4, 0.5) is 0 Å². The van der Waals surface area contributed by atoms with Gasteiger partial charge in [-0.15, -0.1) is 0 Å². The Morgan fingerprint density at radius 3 is 1.73 bits per heavy atom. The van der Waals surface area contributed by atoms with Crippen LogP contribution in [0, 0.1) is 20.8 Å². The molecule has 0 N–H and O–H groups in total. The van der Waals surface area contributed by atoms with E-state index in [1.165, 1.54) is 55.6 Å². The number of fused-ring (bicyclic) bond motifs is 15. The van der Waals surface area contributed by atoms with Gasteiger partial charge in [-0.3, -0.25) is 4.40 Å². The molecule has 2 aromatic heterocycles. The maximum Gasteiger partial charge on any atom is 0.307 e. The topological polar surface area (TPSA) is 39.7 Å². The molecule has 1 aliphatic heterocycles. The van der Waals surface area contributed by atoms with Gasteiger partial charge in [0, 0.05) is 27.7 Å². The fourth-order valence-electron chi connectivity index (χ4n) is 10.1. The number of aryl methyl sites for hydroxylation is 3. The monoisotopic (exact) mass is 760 g/mol. The number of ether oxygens (including phenoxy) is 1. The number of hydrogen-bond donors (Lipinski definition) is 0. The molecule has 1 aliphatic carbocycles. The Balaban J connectivity index is 1.03. The first-order chi connectivity index (χ1) is 28.8. The second-order valence-corrected chi connectivity index (χ2v) is 16.8. The minimum atomic E-state index is -0.359. The molecule has 0 bridgehead atoms. The van der Waals surface area contributed by atoms with Gasteiger partial charge < -0.3 is 9.15 Å². The molecule has 0 atom stereocenters. The van der Waals surface area contributed by atoms with E-state index in [0.717, 1.165) is 72.6 Å². The Morgan fingerprint density at radius 2 is 1.05 bits per heavy atom. The molecule has 0 fully saturated rings. The quantitative estimate of drug-likeness (QED) is 0.176. The first-order valence-electron chi connectivity index (χ1n) is 20.5. The predicted molar refractivity (Wildman–Crippen MR) is 241 cm³/mol. The van der Waals surface area contributed by atoms with Gasteiger partial charge in [0.15, 0.2) is 5.58 Å². The van der Waals surface area contributed by atoms with E-state index in [-0.39, 0.29) is 5.41 Å². The average Bonchev–Trinajstić information content (AvgIpc) is 3.79. The molecule has 12 rings (SSSR count). The van der Waals surface area contributed by atoms with Crippen molar-refractivity contribution in [3.05, 3.63) is 179 Å². The second-order valence-electron chi connectivity index (χ2n) is 16.8. The van der Waals surface area contributed by atoms with Crippen molar-refractivity contribution in [1.82, 2.24) is 9.38 Å². The lowest BCUT2D eigenvalue weighted by Crippen LogP contribution is -2.25. The molecule has 0 spiro atoms. The molecule has 0 unspecified atom stereocenters. The standard InChI is InChI=1S/C55H40N2O2/c1-31-22-26-44-52(50(31)34-24-25-41-39-18-9-8-16-37(39)35-14-6-7-15-36(35)38-17-10-11-19-40(38)43(41)29-34)58-49-28-33(3)42(30-45(49)55(44,4)5)51-32(2)23-27-48-53(51)59-54-56-46-20-12-13-21-47(46)57(48)54/h6-30H,1-5H3. The summed E-state index contributed by atoms with van der Waals surface area (Å²) < 4.78 is 15.9. The largest absolute Gasteiger partial charge is 0.456 e. The van der Waals surface area contributed by atoms with Crippen LogP contribution in [0.1, 0.15) is 41.7 Å². The maximum absolute atomic E-state index is 7.18. The molecular weight excluding hydrogens is 721 g/mol. The summed E-state index contributed by atoms with van der Waals surface area (Å²) in [5.41, 5.74) is 23.7. The Hall–Kier alpha value is -7.17. The van der Waals surface area contributed by atoms with Gasteiger partial charge in [-0.1, -0.05) is 129 Å². The zero-order chi connectivity index (χ0) is 39.7. The third kappa shape index (κ3) is 4.74. The molecule has 0 radical (unpaired) electrons. The smallest absolute Gasteiger partial charge is 0.307 e. The fraction of sp³-hybridized carbons (Fsp3) is 0.109. The van der Waals surface area contributed by atoms with Gasteiger partial charge in [0.2, 0.25) is 0 Å². The molecule has 2 aliphatic rings. The van der Waals surface area contributed by atoms with E-state index in [2.05, 4.69) is 179 Å². The zero-order valence-electron chi connectivity index (χ0n) is 33.6. The summed E-state index contributed by atoms with van der Waals surface area (Å²) in [6.45, 7) is 11.2.